The predicted molar refractivity (Wildman–Crippen MR) is 65.6 cm³/mol. The Morgan fingerprint density at radius 2 is 1.43 bits per heavy atom. The molecule has 0 aromatic rings. The van der Waals surface area contributed by atoms with Crippen molar-refractivity contribution >= 4 is 7.26 Å². The molecule has 0 fully saturated rings. The lowest BCUT2D eigenvalue weighted by Gasteiger charge is -2.31. The van der Waals surface area contributed by atoms with Crippen LogP contribution in [-0.4, -0.2) is 37.7 Å². The normalized spacial score (nSPS) is 16.7. The molecule has 0 heterocycles. The van der Waals surface area contributed by atoms with E-state index in [1.54, 1.807) is 7.11 Å². The third kappa shape index (κ3) is 3.49. The minimum absolute atomic E-state index is 0.0750. The zero-order valence-corrected chi connectivity index (χ0v) is 11.4. The molecule has 0 N–H and O–H groups in total. The van der Waals surface area contributed by atoms with Crippen molar-refractivity contribution in [3.63, 3.8) is 0 Å². The molecule has 0 aliphatic heterocycles. The molecule has 0 spiro atoms. The lowest BCUT2D eigenvalue weighted by Crippen LogP contribution is -2.24. The predicted octanol–water partition coefficient (Wildman–Crippen LogP) is 3.42. The summed E-state index contributed by atoms with van der Waals surface area (Å²) in [5, 5.41) is 0. The average molecular weight is 221 g/mol. The summed E-state index contributed by atoms with van der Waals surface area (Å²) < 4.78 is 11.0. The summed E-state index contributed by atoms with van der Waals surface area (Å²) in [6.07, 6.45) is 3.75. The van der Waals surface area contributed by atoms with Gasteiger partial charge >= 0.3 is 0 Å². The maximum Gasteiger partial charge on any atom is 0.167 e. The van der Waals surface area contributed by atoms with Crippen molar-refractivity contribution in [2.24, 2.45) is 0 Å². The lowest BCUT2D eigenvalue weighted by molar-refractivity contribution is -0.118. The Morgan fingerprint density at radius 1 is 1.00 bits per heavy atom. The highest BCUT2D eigenvalue weighted by molar-refractivity contribution is 7.76. The van der Waals surface area contributed by atoms with Gasteiger partial charge in [-0.25, -0.2) is 0 Å². The van der Waals surface area contributed by atoms with Gasteiger partial charge in [0.25, 0.3) is 0 Å². The molecule has 86 valence electrons. The van der Waals surface area contributed by atoms with Gasteiger partial charge in [0, 0.05) is 14.4 Å². The molecule has 0 aliphatic rings. The summed E-state index contributed by atoms with van der Waals surface area (Å²) in [5.41, 5.74) is 0. The van der Waals surface area contributed by atoms with E-state index in [-0.39, 0.29) is 6.29 Å². The highest BCUT2D eigenvalue weighted by Gasteiger charge is 2.39. The van der Waals surface area contributed by atoms with Crippen LogP contribution >= 0.6 is 7.26 Å². The van der Waals surface area contributed by atoms with E-state index in [0.29, 0.717) is 5.85 Å². The van der Waals surface area contributed by atoms with Gasteiger partial charge in [0.1, 0.15) is 0 Å². The van der Waals surface area contributed by atoms with Crippen LogP contribution in [0.5, 0.6) is 0 Å². The lowest BCUT2D eigenvalue weighted by atomic mass is 10.7. The fourth-order valence-electron chi connectivity index (χ4n) is 1.90. The topological polar surface area (TPSA) is 18.5 Å². The monoisotopic (exact) mass is 221 g/mol. The highest BCUT2D eigenvalue weighted by atomic mass is 31.2. The van der Waals surface area contributed by atoms with E-state index in [9.17, 15) is 0 Å². The van der Waals surface area contributed by atoms with Crippen molar-refractivity contribution < 1.29 is 9.47 Å². The van der Waals surface area contributed by atoms with Crippen LogP contribution in [0.2, 0.25) is 0 Å². The first-order chi connectivity index (χ1) is 6.56. The SMILES string of the molecule is CC[P+](CC)(CC)C(C)OC(C)OC. The zero-order chi connectivity index (χ0) is 11.2. The van der Waals surface area contributed by atoms with Crippen molar-refractivity contribution in [3.8, 4) is 0 Å². The summed E-state index contributed by atoms with van der Waals surface area (Å²) in [7, 11) is 0.797. The van der Waals surface area contributed by atoms with E-state index in [2.05, 4.69) is 27.7 Å². The van der Waals surface area contributed by atoms with Crippen molar-refractivity contribution in [1.82, 2.24) is 0 Å². The van der Waals surface area contributed by atoms with Crippen LogP contribution in [0.4, 0.5) is 0 Å². The number of rotatable bonds is 7. The van der Waals surface area contributed by atoms with Crippen LogP contribution in [0.15, 0.2) is 0 Å². The molecular formula is C11H26O2P+. The quantitative estimate of drug-likeness (QED) is 0.484. The van der Waals surface area contributed by atoms with Crippen molar-refractivity contribution in [3.05, 3.63) is 0 Å². The van der Waals surface area contributed by atoms with Crippen LogP contribution in [0.25, 0.3) is 0 Å². The Hall–Kier alpha value is 0.350. The number of hydrogen-bond acceptors (Lipinski definition) is 2. The maximum absolute atomic E-state index is 5.86. The molecule has 14 heavy (non-hydrogen) atoms. The second-order valence-electron chi connectivity index (χ2n) is 3.71. The number of hydrogen-bond donors (Lipinski definition) is 0. The molecule has 0 amide bonds. The minimum Gasteiger partial charge on any atom is -0.356 e. The second-order valence-corrected chi connectivity index (χ2v) is 8.77. The first-order valence-electron chi connectivity index (χ1n) is 5.60. The van der Waals surface area contributed by atoms with E-state index < -0.39 is 7.26 Å². The molecule has 0 radical (unpaired) electrons. The molecule has 3 heteroatoms. The molecule has 0 rings (SSSR count). The average Bonchev–Trinajstić information content (AvgIpc) is 2.21. The molecule has 0 saturated heterocycles. The van der Waals surface area contributed by atoms with Gasteiger partial charge in [0.2, 0.25) is 0 Å². The molecule has 0 aromatic heterocycles. The Morgan fingerprint density at radius 3 is 1.71 bits per heavy atom. The third-order valence-electron chi connectivity index (χ3n) is 3.38. The van der Waals surface area contributed by atoms with Gasteiger partial charge in [-0.05, 0) is 34.6 Å². The van der Waals surface area contributed by atoms with Crippen LogP contribution < -0.4 is 0 Å². The van der Waals surface area contributed by atoms with Gasteiger partial charge < -0.3 is 9.47 Å². The van der Waals surface area contributed by atoms with E-state index in [4.69, 9.17) is 9.47 Å². The minimum atomic E-state index is -0.899. The number of ether oxygens (including phenoxy) is 2. The molecule has 2 unspecified atom stereocenters. The molecule has 0 bridgehead atoms. The van der Waals surface area contributed by atoms with Crippen molar-refractivity contribution in [2.75, 3.05) is 25.6 Å². The molecule has 2 nitrogen and oxygen atoms in total. The molecule has 0 aliphatic carbocycles. The molecule has 2 atom stereocenters. The van der Waals surface area contributed by atoms with Gasteiger partial charge in [-0.15, -0.1) is 0 Å². The zero-order valence-electron chi connectivity index (χ0n) is 10.5. The van der Waals surface area contributed by atoms with Crippen molar-refractivity contribution in [2.45, 2.75) is 46.8 Å². The van der Waals surface area contributed by atoms with E-state index in [1.165, 1.54) is 18.5 Å². The Labute approximate surface area is 89.7 Å². The number of methoxy groups -OCH3 is 1. The fourth-order valence-corrected chi connectivity index (χ4v) is 5.22. The summed E-state index contributed by atoms with van der Waals surface area (Å²) in [5.74, 6) is 0.373. The molecule has 0 saturated carbocycles. The first-order valence-corrected chi connectivity index (χ1v) is 8.01. The van der Waals surface area contributed by atoms with Gasteiger partial charge in [-0.1, -0.05) is 0 Å². The van der Waals surface area contributed by atoms with Gasteiger partial charge in [-0.2, -0.15) is 0 Å². The Kier molecular flexibility index (Phi) is 6.93. The Bertz CT molecular complexity index is 138. The van der Waals surface area contributed by atoms with Gasteiger partial charge in [-0.3, -0.25) is 0 Å². The first kappa shape index (κ1) is 14.3. The summed E-state index contributed by atoms with van der Waals surface area (Å²) in [4.78, 5) is 0. The second kappa shape index (κ2) is 6.76. The third-order valence-corrected chi connectivity index (χ3v) is 8.82. The summed E-state index contributed by atoms with van der Waals surface area (Å²) in [6.45, 7) is 11.0. The van der Waals surface area contributed by atoms with Crippen LogP contribution in [-0.2, 0) is 9.47 Å². The van der Waals surface area contributed by atoms with E-state index >= 15 is 0 Å². The standard InChI is InChI=1S/C11H26O2P/c1-7-14(8-2,9-3)11(5)13-10(4)12-6/h10-11H,7-9H2,1-6H3/q+1. The Balaban J connectivity index is 4.35. The van der Waals surface area contributed by atoms with Crippen LogP contribution in [0.3, 0.4) is 0 Å². The van der Waals surface area contributed by atoms with Crippen LogP contribution in [0.1, 0.15) is 34.6 Å². The van der Waals surface area contributed by atoms with Gasteiger partial charge in [0.15, 0.2) is 12.1 Å². The largest absolute Gasteiger partial charge is 0.356 e. The molecular weight excluding hydrogens is 195 g/mol. The van der Waals surface area contributed by atoms with E-state index in [0.717, 1.165) is 0 Å². The smallest absolute Gasteiger partial charge is 0.167 e. The van der Waals surface area contributed by atoms with Crippen LogP contribution in [0, 0.1) is 0 Å². The van der Waals surface area contributed by atoms with Gasteiger partial charge in [0.05, 0.1) is 18.5 Å². The van der Waals surface area contributed by atoms with Crippen molar-refractivity contribution in [1.29, 1.82) is 0 Å². The fraction of sp³-hybridized carbons (Fsp3) is 1.00. The van der Waals surface area contributed by atoms with E-state index in [1.807, 2.05) is 6.92 Å². The molecule has 0 aromatic carbocycles. The summed E-state index contributed by atoms with van der Waals surface area (Å²) in [6, 6.07) is 0. The highest BCUT2D eigenvalue weighted by Crippen LogP contribution is 2.62. The maximum atomic E-state index is 5.86. The summed E-state index contributed by atoms with van der Waals surface area (Å²) >= 11 is 0.